The van der Waals surface area contributed by atoms with Crippen molar-refractivity contribution < 1.29 is 28.5 Å². The van der Waals surface area contributed by atoms with Crippen molar-refractivity contribution in [1.82, 2.24) is 0 Å². The molecule has 6 nitrogen and oxygen atoms in total. The first-order valence-corrected chi connectivity index (χ1v) is 10.2. The third-order valence-corrected chi connectivity index (χ3v) is 4.63. The van der Waals surface area contributed by atoms with E-state index in [0.29, 0.717) is 17.1 Å². The molecule has 0 unspecified atom stereocenters. The van der Waals surface area contributed by atoms with Crippen LogP contribution in [0.4, 0.5) is 0 Å². The van der Waals surface area contributed by atoms with Crippen LogP contribution in [0.15, 0.2) is 78.9 Å². The Morgan fingerprint density at radius 3 is 1.55 bits per heavy atom. The van der Waals surface area contributed by atoms with Crippen LogP contribution in [0.3, 0.4) is 0 Å². The van der Waals surface area contributed by atoms with Crippen molar-refractivity contribution in [1.29, 1.82) is 0 Å². The van der Waals surface area contributed by atoms with Gasteiger partial charge in [0.1, 0.15) is 23.0 Å². The smallest absolute Gasteiger partial charge is 0.336 e. The van der Waals surface area contributed by atoms with Crippen LogP contribution in [-0.2, 0) is 9.59 Å². The van der Waals surface area contributed by atoms with Crippen molar-refractivity contribution in [2.24, 2.45) is 0 Å². The lowest BCUT2D eigenvalue weighted by Crippen LogP contribution is -2.06. The molecule has 33 heavy (non-hydrogen) atoms. The van der Waals surface area contributed by atoms with Gasteiger partial charge >= 0.3 is 11.9 Å². The molecule has 0 amide bonds. The standard InChI is InChI=1S/C27H24O6/c1-19-18-24(32-26(28)16-8-20-4-10-22(30-2)11-5-20)14-15-25(19)33-27(29)17-9-21-6-12-23(31-3)13-7-21/h4-18H,1-3H3/b16-8+,17-9+. The van der Waals surface area contributed by atoms with E-state index in [-0.39, 0.29) is 0 Å². The summed E-state index contributed by atoms with van der Waals surface area (Å²) in [7, 11) is 3.19. The molecular weight excluding hydrogens is 420 g/mol. The Hall–Kier alpha value is -4.32. The zero-order valence-corrected chi connectivity index (χ0v) is 18.6. The van der Waals surface area contributed by atoms with Crippen LogP contribution in [0, 0.1) is 6.92 Å². The minimum absolute atomic E-state index is 0.352. The summed E-state index contributed by atoms with van der Waals surface area (Å²) >= 11 is 0. The Balaban J connectivity index is 1.55. The molecule has 0 atom stereocenters. The summed E-state index contributed by atoms with van der Waals surface area (Å²) in [6, 6.07) is 19.4. The molecule has 3 rings (SSSR count). The topological polar surface area (TPSA) is 71.1 Å². The van der Waals surface area contributed by atoms with E-state index in [1.807, 2.05) is 24.3 Å². The van der Waals surface area contributed by atoms with Gasteiger partial charge in [0.2, 0.25) is 0 Å². The molecule has 0 spiro atoms. The number of benzene rings is 3. The molecule has 0 saturated carbocycles. The minimum Gasteiger partial charge on any atom is -0.497 e. The number of carbonyl (C=O) groups is 2. The molecule has 168 valence electrons. The molecule has 0 aliphatic carbocycles. The first-order chi connectivity index (χ1) is 16.0. The SMILES string of the molecule is COc1ccc(/C=C/C(=O)Oc2ccc(OC(=O)/C=C/c3ccc(OC)cc3)c(C)c2)cc1. The van der Waals surface area contributed by atoms with E-state index in [2.05, 4.69) is 0 Å². The molecule has 3 aromatic carbocycles. The van der Waals surface area contributed by atoms with E-state index in [1.165, 1.54) is 12.2 Å². The number of hydrogen-bond donors (Lipinski definition) is 0. The number of aryl methyl sites for hydroxylation is 1. The molecule has 0 radical (unpaired) electrons. The highest BCUT2D eigenvalue weighted by Crippen LogP contribution is 2.24. The Morgan fingerprint density at radius 1 is 0.636 bits per heavy atom. The minimum atomic E-state index is -0.516. The highest BCUT2D eigenvalue weighted by molar-refractivity contribution is 5.89. The van der Waals surface area contributed by atoms with E-state index in [4.69, 9.17) is 18.9 Å². The van der Waals surface area contributed by atoms with Crippen LogP contribution in [0.5, 0.6) is 23.0 Å². The molecule has 0 aromatic heterocycles. The van der Waals surface area contributed by atoms with Gasteiger partial charge in [-0.05, 0) is 78.2 Å². The van der Waals surface area contributed by atoms with Gasteiger partial charge in [0.25, 0.3) is 0 Å². The second-order valence-corrected chi connectivity index (χ2v) is 6.98. The number of rotatable bonds is 8. The zero-order valence-electron chi connectivity index (χ0n) is 18.6. The molecule has 6 heteroatoms. The van der Waals surface area contributed by atoms with Crippen molar-refractivity contribution in [3.05, 3.63) is 95.6 Å². The largest absolute Gasteiger partial charge is 0.497 e. The van der Waals surface area contributed by atoms with Gasteiger partial charge in [-0.25, -0.2) is 9.59 Å². The predicted molar refractivity (Wildman–Crippen MR) is 127 cm³/mol. The lowest BCUT2D eigenvalue weighted by molar-refractivity contribution is -0.130. The van der Waals surface area contributed by atoms with E-state index in [1.54, 1.807) is 75.8 Å². The fourth-order valence-corrected chi connectivity index (χ4v) is 2.85. The van der Waals surface area contributed by atoms with E-state index in [9.17, 15) is 9.59 Å². The maximum atomic E-state index is 12.1. The third-order valence-electron chi connectivity index (χ3n) is 4.63. The summed E-state index contributed by atoms with van der Waals surface area (Å²) < 4.78 is 20.9. The molecule has 0 fully saturated rings. The molecule has 0 N–H and O–H groups in total. The summed E-state index contributed by atoms with van der Waals surface area (Å²) in [5, 5.41) is 0. The maximum Gasteiger partial charge on any atom is 0.336 e. The average molecular weight is 444 g/mol. The highest BCUT2D eigenvalue weighted by Gasteiger charge is 2.08. The fourth-order valence-electron chi connectivity index (χ4n) is 2.85. The Bertz CT molecular complexity index is 1160. The van der Waals surface area contributed by atoms with Gasteiger partial charge in [-0.15, -0.1) is 0 Å². The summed E-state index contributed by atoms with van der Waals surface area (Å²) in [4.78, 5) is 24.3. The van der Waals surface area contributed by atoms with Crippen molar-refractivity contribution in [2.45, 2.75) is 6.92 Å². The maximum absolute atomic E-state index is 12.1. The lowest BCUT2D eigenvalue weighted by atomic mass is 10.2. The van der Waals surface area contributed by atoms with Crippen LogP contribution in [0.2, 0.25) is 0 Å². The van der Waals surface area contributed by atoms with Crippen molar-refractivity contribution in [3.8, 4) is 23.0 Å². The summed E-state index contributed by atoms with van der Waals surface area (Å²) in [6.45, 7) is 1.76. The molecule has 0 heterocycles. The third kappa shape index (κ3) is 7.11. The van der Waals surface area contributed by atoms with Crippen LogP contribution < -0.4 is 18.9 Å². The highest BCUT2D eigenvalue weighted by atomic mass is 16.5. The van der Waals surface area contributed by atoms with E-state index in [0.717, 1.165) is 22.6 Å². The monoisotopic (exact) mass is 444 g/mol. The number of hydrogen-bond acceptors (Lipinski definition) is 6. The van der Waals surface area contributed by atoms with Crippen LogP contribution in [0.25, 0.3) is 12.2 Å². The molecule has 0 saturated heterocycles. The first kappa shape index (κ1) is 23.3. The summed E-state index contributed by atoms with van der Waals surface area (Å²) in [5.41, 5.74) is 2.34. The van der Waals surface area contributed by atoms with Gasteiger partial charge in [-0.1, -0.05) is 24.3 Å². The van der Waals surface area contributed by atoms with Gasteiger partial charge < -0.3 is 18.9 Å². The Kier molecular flexibility index (Phi) is 8.02. The van der Waals surface area contributed by atoms with Crippen LogP contribution in [0.1, 0.15) is 16.7 Å². The number of methoxy groups -OCH3 is 2. The predicted octanol–water partition coefficient (Wildman–Crippen LogP) is 5.25. The Morgan fingerprint density at radius 2 is 1.09 bits per heavy atom. The van der Waals surface area contributed by atoms with Gasteiger partial charge in [0, 0.05) is 12.2 Å². The normalized spacial score (nSPS) is 10.9. The summed E-state index contributed by atoms with van der Waals surface area (Å²) in [5.74, 6) is 1.18. The van der Waals surface area contributed by atoms with Crippen molar-refractivity contribution >= 4 is 24.1 Å². The van der Waals surface area contributed by atoms with Crippen LogP contribution >= 0.6 is 0 Å². The van der Waals surface area contributed by atoms with Gasteiger partial charge in [-0.2, -0.15) is 0 Å². The molecule has 0 aliphatic rings. The molecule has 3 aromatic rings. The van der Waals surface area contributed by atoms with Gasteiger partial charge in [-0.3, -0.25) is 0 Å². The summed E-state index contributed by atoms with van der Waals surface area (Å²) in [6.07, 6.45) is 6.00. The van der Waals surface area contributed by atoms with E-state index >= 15 is 0 Å². The van der Waals surface area contributed by atoms with Gasteiger partial charge in [0.05, 0.1) is 14.2 Å². The Labute approximate surface area is 192 Å². The molecular formula is C27H24O6. The number of carbonyl (C=O) groups excluding carboxylic acids is 2. The van der Waals surface area contributed by atoms with Crippen molar-refractivity contribution in [3.63, 3.8) is 0 Å². The number of esters is 2. The molecule has 0 aliphatic heterocycles. The van der Waals surface area contributed by atoms with Crippen molar-refractivity contribution in [2.75, 3.05) is 14.2 Å². The fraction of sp³-hybridized carbons (Fsp3) is 0.111. The molecule has 0 bridgehead atoms. The van der Waals surface area contributed by atoms with Gasteiger partial charge in [0.15, 0.2) is 0 Å². The lowest BCUT2D eigenvalue weighted by Gasteiger charge is -2.08. The van der Waals surface area contributed by atoms with Crippen LogP contribution in [-0.4, -0.2) is 26.2 Å². The second kappa shape index (κ2) is 11.3. The zero-order chi connectivity index (χ0) is 23.6. The second-order valence-electron chi connectivity index (χ2n) is 6.98. The first-order valence-electron chi connectivity index (χ1n) is 10.2. The average Bonchev–Trinajstić information content (AvgIpc) is 2.84. The quantitative estimate of drug-likeness (QED) is 0.268. The van der Waals surface area contributed by atoms with E-state index < -0.39 is 11.9 Å². The number of ether oxygens (including phenoxy) is 4.